The summed E-state index contributed by atoms with van der Waals surface area (Å²) in [5.41, 5.74) is 5.42. The maximum atomic E-state index is 13.2. The number of rotatable bonds is 5. The van der Waals surface area contributed by atoms with E-state index < -0.39 is 35.9 Å². The van der Waals surface area contributed by atoms with Gasteiger partial charge in [-0.1, -0.05) is 30.3 Å². The fourth-order valence-electron chi connectivity index (χ4n) is 3.61. The SMILES string of the molecule is N[C@H]1C[C@@H](CCOCc2ccccc2)N(C(=O)C(F)(F)F)c2ccc(C(F)(F)F)cc21. The number of nitrogens with two attached hydrogens (primary N) is 1. The number of halogens is 6. The first-order valence-electron chi connectivity index (χ1n) is 9.47. The zero-order valence-corrected chi connectivity index (χ0v) is 16.2. The van der Waals surface area contributed by atoms with Crippen LogP contribution in [0.5, 0.6) is 0 Å². The number of fused-ring (bicyclic) bond motifs is 1. The number of anilines is 1. The highest BCUT2D eigenvalue weighted by molar-refractivity contribution is 5.99. The van der Waals surface area contributed by atoms with Crippen LogP contribution in [0.2, 0.25) is 0 Å². The summed E-state index contributed by atoms with van der Waals surface area (Å²) in [6.07, 6.45) is -9.95. The van der Waals surface area contributed by atoms with E-state index in [-0.39, 0.29) is 37.3 Å². The Labute approximate surface area is 174 Å². The molecule has 0 fully saturated rings. The van der Waals surface area contributed by atoms with Crippen LogP contribution in [0.25, 0.3) is 0 Å². The zero-order chi connectivity index (χ0) is 22.8. The highest BCUT2D eigenvalue weighted by Crippen LogP contribution is 2.42. The van der Waals surface area contributed by atoms with E-state index in [1.54, 1.807) is 0 Å². The third-order valence-electron chi connectivity index (χ3n) is 5.07. The van der Waals surface area contributed by atoms with Crippen LogP contribution in [0.4, 0.5) is 32.0 Å². The Balaban J connectivity index is 1.83. The van der Waals surface area contributed by atoms with Crippen molar-refractivity contribution >= 4 is 11.6 Å². The van der Waals surface area contributed by atoms with Gasteiger partial charge < -0.3 is 15.4 Å². The van der Waals surface area contributed by atoms with Gasteiger partial charge in [0.05, 0.1) is 12.2 Å². The summed E-state index contributed by atoms with van der Waals surface area (Å²) in [7, 11) is 0. The van der Waals surface area contributed by atoms with Crippen LogP contribution in [0.3, 0.4) is 0 Å². The maximum absolute atomic E-state index is 13.2. The lowest BCUT2D eigenvalue weighted by atomic mass is 9.88. The van der Waals surface area contributed by atoms with Gasteiger partial charge >= 0.3 is 18.3 Å². The van der Waals surface area contributed by atoms with Crippen LogP contribution in [-0.4, -0.2) is 24.7 Å². The quantitative estimate of drug-likeness (QED) is 0.521. The fourth-order valence-corrected chi connectivity index (χ4v) is 3.61. The Morgan fingerprint density at radius 2 is 1.74 bits per heavy atom. The first kappa shape index (κ1) is 23.1. The van der Waals surface area contributed by atoms with E-state index in [1.807, 2.05) is 30.3 Å². The van der Waals surface area contributed by atoms with E-state index in [4.69, 9.17) is 10.5 Å². The number of amides is 1. The first-order chi connectivity index (χ1) is 14.5. The minimum atomic E-state index is -5.19. The molecule has 4 nitrogen and oxygen atoms in total. The van der Waals surface area contributed by atoms with E-state index >= 15 is 0 Å². The number of hydrogen-bond donors (Lipinski definition) is 1. The molecular weight excluding hydrogens is 426 g/mol. The molecule has 0 bridgehead atoms. The van der Waals surface area contributed by atoms with Gasteiger partial charge in [-0.2, -0.15) is 26.3 Å². The van der Waals surface area contributed by atoms with Gasteiger partial charge in [0.2, 0.25) is 0 Å². The zero-order valence-electron chi connectivity index (χ0n) is 16.2. The van der Waals surface area contributed by atoms with Crippen LogP contribution in [0, 0.1) is 0 Å². The molecule has 1 amide bonds. The molecule has 0 aromatic heterocycles. The van der Waals surface area contributed by atoms with Gasteiger partial charge in [-0.25, -0.2) is 0 Å². The summed E-state index contributed by atoms with van der Waals surface area (Å²) in [5, 5.41) is 0. The molecule has 1 heterocycles. The van der Waals surface area contributed by atoms with E-state index in [0.29, 0.717) is 17.0 Å². The average Bonchev–Trinajstić information content (AvgIpc) is 2.70. The molecule has 0 saturated carbocycles. The van der Waals surface area contributed by atoms with Gasteiger partial charge in [-0.05, 0) is 42.2 Å². The van der Waals surface area contributed by atoms with Crippen molar-refractivity contribution < 1.29 is 35.9 Å². The van der Waals surface area contributed by atoms with E-state index in [0.717, 1.165) is 11.6 Å². The highest BCUT2D eigenvalue weighted by atomic mass is 19.4. The predicted molar refractivity (Wildman–Crippen MR) is 101 cm³/mol. The smallest absolute Gasteiger partial charge is 0.377 e. The van der Waals surface area contributed by atoms with Crippen LogP contribution in [0.15, 0.2) is 48.5 Å². The van der Waals surface area contributed by atoms with Crippen molar-refractivity contribution in [3.63, 3.8) is 0 Å². The minimum Gasteiger partial charge on any atom is -0.377 e. The van der Waals surface area contributed by atoms with E-state index in [1.165, 1.54) is 0 Å². The van der Waals surface area contributed by atoms with Crippen LogP contribution in [0.1, 0.15) is 35.6 Å². The van der Waals surface area contributed by atoms with Crippen molar-refractivity contribution in [2.24, 2.45) is 5.73 Å². The number of nitrogens with zero attached hydrogens (tertiary/aromatic N) is 1. The third-order valence-corrected chi connectivity index (χ3v) is 5.07. The van der Waals surface area contributed by atoms with E-state index in [9.17, 15) is 31.1 Å². The Kier molecular flexibility index (Phi) is 6.61. The summed E-state index contributed by atoms with van der Waals surface area (Å²) >= 11 is 0. The summed E-state index contributed by atoms with van der Waals surface area (Å²) in [6.45, 7) is 0.280. The van der Waals surface area contributed by atoms with Crippen LogP contribution >= 0.6 is 0 Å². The second-order valence-electron chi connectivity index (χ2n) is 7.27. The fraction of sp³-hybridized carbons (Fsp3) is 0.381. The second-order valence-corrected chi connectivity index (χ2v) is 7.27. The normalized spacial score (nSPS) is 19.3. The third kappa shape index (κ3) is 5.37. The maximum Gasteiger partial charge on any atom is 0.471 e. The molecule has 0 unspecified atom stereocenters. The monoisotopic (exact) mass is 446 g/mol. The van der Waals surface area contributed by atoms with Crippen molar-refractivity contribution in [2.45, 2.75) is 43.9 Å². The average molecular weight is 446 g/mol. The van der Waals surface area contributed by atoms with Gasteiger partial charge in [-0.3, -0.25) is 4.79 Å². The lowest BCUT2D eigenvalue weighted by Gasteiger charge is -2.40. The minimum absolute atomic E-state index is 0.0445. The Morgan fingerprint density at radius 3 is 2.35 bits per heavy atom. The molecule has 1 aliphatic rings. The lowest BCUT2D eigenvalue weighted by molar-refractivity contribution is -0.171. The molecule has 31 heavy (non-hydrogen) atoms. The highest BCUT2D eigenvalue weighted by Gasteiger charge is 2.48. The number of alkyl halides is 6. The Bertz CT molecular complexity index is 914. The number of hydrogen-bond acceptors (Lipinski definition) is 3. The summed E-state index contributed by atoms with van der Waals surface area (Å²) < 4.78 is 84.3. The second kappa shape index (κ2) is 8.88. The van der Waals surface area contributed by atoms with Crippen molar-refractivity contribution in [2.75, 3.05) is 11.5 Å². The van der Waals surface area contributed by atoms with Gasteiger partial charge in [0, 0.05) is 24.4 Å². The Morgan fingerprint density at radius 1 is 1.06 bits per heavy atom. The first-order valence-corrected chi connectivity index (χ1v) is 9.47. The molecule has 0 radical (unpaired) electrons. The topological polar surface area (TPSA) is 55.6 Å². The molecule has 2 aromatic carbocycles. The molecule has 10 heteroatoms. The van der Waals surface area contributed by atoms with Crippen LogP contribution < -0.4 is 10.6 Å². The number of benzene rings is 2. The van der Waals surface area contributed by atoms with Gasteiger partial charge in [-0.15, -0.1) is 0 Å². The van der Waals surface area contributed by atoms with Gasteiger partial charge in [0.25, 0.3) is 0 Å². The molecule has 2 atom stereocenters. The lowest BCUT2D eigenvalue weighted by Crippen LogP contribution is -2.51. The van der Waals surface area contributed by atoms with Crippen molar-refractivity contribution in [3.8, 4) is 0 Å². The molecular formula is C21H20F6N2O2. The van der Waals surface area contributed by atoms with Crippen LogP contribution in [-0.2, 0) is 22.3 Å². The molecule has 2 aromatic rings. The van der Waals surface area contributed by atoms with E-state index in [2.05, 4.69) is 0 Å². The number of carbonyl (C=O) groups excluding carboxylic acids is 1. The van der Waals surface area contributed by atoms with Gasteiger partial charge in [0.15, 0.2) is 0 Å². The molecule has 168 valence electrons. The molecule has 0 saturated heterocycles. The molecule has 2 N–H and O–H groups in total. The largest absolute Gasteiger partial charge is 0.471 e. The summed E-state index contributed by atoms with van der Waals surface area (Å²) in [5.74, 6) is -2.14. The Hall–Kier alpha value is -2.59. The number of ether oxygens (including phenoxy) is 1. The molecule has 1 aliphatic heterocycles. The van der Waals surface area contributed by atoms with Gasteiger partial charge in [0.1, 0.15) is 0 Å². The van der Waals surface area contributed by atoms with Crippen molar-refractivity contribution in [3.05, 3.63) is 65.2 Å². The molecule has 0 aliphatic carbocycles. The number of carbonyl (C=O) groups is 1. The molecule has 0 spiro atoms. The van der Waals surface area contributed by atoms with Crippen molar-refractivity contribution in [1.29, 1.82) is 0 Å². The standard InChI is InChI=1S/C21H20F6N2O2/c22-20(23,24)14-6-7-18-16(10-14)17(28)11-15(29(18)19(30)21(25,26)27)8-9-31-12-13-4-2-1-3-5-13/h1-7,10,15,17H,8-9,11-12,28H2/t15-,17+/m1/s1. The summed E-state index contributed by atoms with van der Waals surface area (Å²) in [4.78, 5) is 12.6. The predicted octanol–water partition coefficient (Wildman–Crippen LogP) is 4.98. The van der Waals surface area contributed by atoms with Crippen molar-refractivity contribution in [1.82, 2.24) is 0 Å². The summed E-state index contributed by atoms with van der Waals surface area (Å²) in [6, 6.07) is 9.42. The molecule has 3 rings (SSSR count).